The minimum atomic E-state index is -0.622. The smallest absolute Gasteiger partial charge is 0.119 e. The molecule has 0 aliphatic rings. The van der Waals surface area contributed by atoms with E-state index in [-0.39, 0.29) is 0 Å². The van der Waals surface area contributed by atoms with Gasteiger partial charge in [0.1, 0.15) is 11.9 Å². The van der Waals surface area contributed by atoms with E-state index >= 15 is 0 Å². The molecular formula is C14H15ClO2S. The number of rotatable bonds is 5. The second kappa shape index (κ2) is 6.23. The zero-order chi connectivity index (χ0) is 13.0. The number of halogens is 1. The molecule has 4 heteroatoms. The van der Waals surface area contributed by atoms with Gasteiger partial charge >= 0.3 is 0 Å². The minimum Gasteiger partial charge on any atom is -0.494 e. The van der Waals surface area contributed by atoms with Gasteiger partial charge in [0.05, 0.1) is 11.6 Å². The molecule has 0 fully saturated rings. The van der Waals surface area contributed by atoms with E-state index in [1.165, 1.54) is 11.3 Å². The van der Waals surface area contributed by atoms with Crippen LogP contribution in [0.25, 0.3) is 0 Å². The number of hydrogen-bond donors (Lipinski definition) is 1. The summed E-state index contributed by atoms with van der Waals surface area (Å²) in [6, 6.07) is 9.30. The Morgan fingerprint density at radius 1 is 1.33 bits per heavy atom. The summed E-state index contributed by atoms with van der Waals surface area (Å²) in [4.78, 5) is 0.849. The molecule has 2 rings (SSSR count). The number of aliphatic hydroxyl groups excluding tert-OH is 1. The molecule has 1 aromatic heterocycles. The van der Waals surface area contributed by atoms with Gasteiger partial charge in [-0.1, -0.05) is 30.7 Å². The molecule has 2 aromatic rings. The van der Waals surface area contributed by atoms with Crippen molar-refractivity contribution in [1.29, 1.82) is 0 Å². The summed E-state index contributed by atoms with van der Waals surface area (Å²) in [7, 11) is 0. The lowest BCUT2D eigenvalue weighted by atomic mass is 10.1. The minimum absolute atomic E-state index is 0.622. The van der Waals surface area contributed by atoms with Crippen LogP contribution in [0.3, 0.4) is 0 Å². The van der Waals surface area contributed by atoms with Crippen molar-refractivity contribution in [3.05, 3.63) is 51.2 Å². The van der Waals surface area contributed by atoms with Crippen LogP contribution in [0, 0.1) is 0 Å². The van der Waals surface area contributed by atoms with Gasteiger partial charge in [-0.05, 0) is 30.2 Å². The summed E-state index contributed by atoms with van der Waals surface area (Å²) in [5.74, 6) is 0.831. The fourth-order valence-corrected chi connectivity index (χ4v) is 2.69. The first kappa shape index (κ1) is 13.4. The van der Waals surface area contributed by atoms with Crippen molar-refractivity contribution in [2.45, 2.75) is 19.4 Å². The summed E-state index contributed by atoms with van der Waals surface area (Å²) in [5.41, 5.74) is 0.845. The average Bonchev–Trinajstić information content (AvgIpc) is 2.83. The highest BCUT2D eigenvalue weighted by Gasteiger charge is 2.12. The molecule has 0 bridgehead atoms. The number of aliphatic hydroxyl groups is 1. The van der Waals surface area contributed by atoms with E-state index in [1.54, 1.807) is 6.07 Å². The van der Waals surface area contributed by atoms with Crippen LogP contribution >= 0.6 is 22.9 Å². The van der Waals surface area contributed by atoms with Crippen LogP contribution in [0.1, 0.15) is 29.9 Å². The monoisotopic (exact) mass is 282 g/mol. The normalized spacial score (nSPS) is 12.4. The molecule has 2 nitrogen and oxygen atoms in total. The van der Waals surface area contributed by atoms with Crippen molar-refractivity contribution in [3.8, 4) is 5.75 Å². The van der Waals surface area contributed by atoms with E-state index < -0.39 is 6.10 Å². The molecule has 1 unspecified atom stereocenters. The van der Waals surface area contributed by atoms with E-state index in [2.05, 4.69) is 6.92 Å². The van der Waals surface area contributed by atoms with Crippen LogP contribution in [-0.4, -0.2) is 11.7 Å². The van der Waals surface area contributed by atoms with Crippen LogP contribution in [0.2, 0.25) is 5.02 Å². The number of hydrogen-bond acceptors (Lipinski definition) is 3. The van der Waals surface area contributed by atoms with E-state index in [0.717, 1.165) is 22.6 Å². The van der Waals surface area contributed by atoms with Gasteiger partial charge in [-0.15, -0.1) is 11.3 Å². The molecule has 1 atom stereocenters. The maximum Gasteiger partial charge on any atom is 0.119 e. The Labute approximate surface area is 116 Å². The third-order valence-electron chi connectivity index (χ3n) is 2.53. The van der Waals surface area contributed by atoms with Crippen molar-refractivity contribution >= 4 is 22.9 Å². The van der Waals surface area contributed by atoms with Crippen molar-refractivity contribution < 1.29 is 9.84 Å². The Balaban J connectivity index is 2.09. The Bertz CT molecular complexity index is 493. The first-order valence-corrected chi connectivity index (χ1v) is 7.11. The average molecular weight is 283 g/mol. The Hall–Kier alpha value is -1.03. The zero-order valence-electron chi connectivity index (χ0n) is 10.1. The summed E-state index contributed by atoms with van der Waals surface area (Å²) in [6.07, 6.45) is 0.362. The van der Waals surface area contributed by atoms with E-state index in [0.29, 0.717) is 11.6 Å². The Kier molecular flexibility index (Phi) is 4.64. The fourth-order valence-electron chi connectivity index (χ4n) is 1.60. The molecule has 0 saturated heterocycles. The predicted octanol–water partition coefficient (Wildman–Crippen LogP) is 4.27. The van der Waals surface area contributed by atoms with Crippen LogP contribution in [0.5, 0.6) is 5.75 Å². The number of ether oxygens (including phenoxy) is 1. The third-order valence-corrected chi connectivity index (χ3v) is 3.86. The van der Waals surface area contributed by atoms with Crippen molar-refractivity contribution in [1.82, 2.24) is 0 Å². The molecule has 0 radical (unpaired) electrons. The van der Waals surface area contributed by atoms with Gasteiger partial charge in [0.2, 0.25) is 0 Å². The van der Waals surface area contributed by atoms with Crippen LogP contribution in [0.15, 0.2) is 35.7 Å². The Morgan fingerprint density at radius 2 is 2.06 bits per heavy atom. The number of benzene rings is 1. The molecule has 0 aliphatic carbocycles. The highest BCUT2D eigenvalue weighted by Crippen LogP contribution is 2.30. The summed E-state index contributed by atoms with van der Waals surface area (Å²) >= 11 is 7.31. The largest absolute Gasteiger partial charge is 0.494 e. The van der Waals surface area contributed by atoms with Gasteiger partial charge in [-0.2, -0.15) is 0 Å². The van der Waals surface area contributed by atoms with Gasteiger partial charge in [0.15, 0.2) is 0 Å². The quantitative estimate of drug-likeness (QED) is 0.887. The summed E-state index contributed by atoms with van der Waals surface area (Å²) in [5, 5.41) is 12.7. The second-order valence-electron chi connectivity index (χ2n) is 3.99. The molecule has 96 valence electrons. The van der Waals surface area contributed by atoms with E-state index in [1.807, 2.05) is 29.6 Å². The lowest BCUT2D eigenvalue weighted by Crippen LogP contribution is -1.98. The molecule has 1 aromatic carbocycles. The van der Waals surface area contributed by atoms with Crippen LogP contribution in [0.4, 0.5) is 0 Å². The first-order valence-electron chi connectivity index (χ1n) is 5.85. The van der Waals surface area contributed by atoms with Crippen molar-refractivity contribution in [3.63, 3.8) is 0 Å². The summed E-state index contributed by atoms with van der Waals surface area (Å²) in [6.45, 7) is 2.78. The highest BCUT2D eigenvalue weighted by molar-refractivity contribution is 7.10. The summed E-state index contributed by atoms with van der Waals surface area (Å²) < 4.78 is 5.50. The molecule has 0 spiro atoms. The standard InChI is InChI=1S/C14H15ClO2S/c1-2-7-17-12-5-3-10(4-6-12)14(16)13-8-11(15)9-18-13/h3-6,8-9,14,16H,2,7H2,1H3. The first-order chi connectivity index (χ1) is 8.70. The van der Waals surface area contributed by atoms with Crippen molar-refractivity contribution in [2.24, 2.45) is 0 Å². The van der Waals surface area contributed by atoms with E-state index in [9.17, 15) is 5.11 Å². The topological polar surface area (TPSA) is 29.5 Å². The van der Waals surface area contributed by atoms with Gasteiger partial charge in [-0.3, -0.25) is 0 Å². The van der Waals surface area contributed by atoms with E-state index in [4.69, 9.17) is 16.3 Å². The highest BCUT2D eigenvalue weighted by atomic mass is 35.5. The third kappa shape index (κ3) is 3.25. The molecule has 0 aliphatic heterocycles. The molecular weight excluding hydrogens is 268 g/mol. The maximum absolute atomic E-state index is 10.2. The lowest BCUT2D eigenvalue weighted by Gasteiger charge is -2.10. The maximum atomic E-state index is 10.2. The fraction of sp³-hybridized carbons (Fsp3) is 0.286. The molecule has 0 saturated carbocycles. The SMILES string of the molecule is CCCOc1ccc(C(O)c2cc(Cl)cs2)cc1. The molecule has 1 N–H and O–H groups in total. The zero-order valence-corrected chi connectivity index (χ0v) is 11.7. The van der Waals surface area contributed by atoms with Crippen LogP contribution < -0.4 is 4.74 Å². The van der Waals surface area contributed by atoms with Gasteiger partial charge in [0, 0.05) is 10.3 Å². The Morgan fingerprint density at radius 3 is 2.61 bits per heavy atom. The van der Waals surface area contributed by atoms with Gasteiger partial charge in [0.25, 0.3) is 0 Å². The van der Waals surface area contributed by atoms with Crippen molar-refractivity contribution in [2.75, 3.05) is 6.61 Å². The van der Waals surface area contributed by atoms with Crippen LogP contribution in [-0.2, 0) is 0 Å². The van der Waals surface area contributed by atoms with Gasteiger partial charge < -0.3 is 9.84 Å². The lowest BCUT2D eigenvalue weighted by molar-refractivity contribution is 0.224. The molecule has 18 heavy (non-hydrogen) atoms. The number of thiophene rings is 1. The second-order valence-corrected chi connectivity index (χ2v) is 5.37. The predicted molar refractivity (Wildman–Crippen MR) is 75.6 cm³/mol. The molecule has 0 amide bonds. The van der Waals surface area contributed by atoms with Gasteiger partial charge in [-0.25, -0.2) is 0 Å². The molecule has 1 heterocycles.